The van der Waals surface area contributed by atoms with Gasteiger partial charge in [0.25, 0.3) is 0 Å². The zero-order valence-electron chi connectivity index (χ0n) is 13.8. The number of likely N-dealkylation sites (N-methyl/N-ethyl adjacent to an activating group) is 1. The van der Waals surface area contributed by atoms with E-state index in [1.165, 1.54) is 18.6 Å². The van der Waals surface area contributed by atoms with Gasteiger partial charge in [-0.1, -0.05) is 13.3 Å². The summed E-state index contributed by atoms with van der Waals surface area (Å²) in [5, 5.41) is 4.05. The highest BCUT2D eigenvalue weighted by Crippen LogP contribution is 2.24. The third-order valence-electron chi connectivity index (χ3n) is 3.89. The van der Waals surface area contributed by atoms with Crippen LogP contribution in [-0.2, 0) is 14.3 Å². The van der Waals surface area contributed by atoms with Crippen LogP contribution in [0.1, 0.15) is 52.9 Å². The monoisotopic (exact) mass is 317 g/mol. The Morgan fingerprint density at radius 1 is 1.33 bits per heavy atom. The minimum atomic E-state index is -0.534. The molecule has 0 amide bonds. The highest BCUT2D eigenvalue weighted by Gasteiger charge is 2.32. The molecular formula is C16H31NO3S. The van der Waals surface area contributed by atoms with E-state index in [9.17, 15) is 4.79 Å². The molecule has 1 heterocycles. The van der Waals surface area contributed by atoms with Gasteiger partial charge in [-0.15, -0.1) is 0 Å². The van der Waals surface area contributed by atoms with Gasteiger partial charge in [0.15, 0.2) is 0 Å². The Hall–Kier alpha value is -0.260. The second kappa shape index (κ2) is 10.5. The van der Waals surface area contributed by atoms with Crippen LogP contribution < -0.4 is 5.32 Å². The van der Waals surface area contributed by atoms with Gasteiger partial charge in [0, 0.05) is 18.5 Å². The summed E-state index contributed by atoms with van der Waals surface area (Å²) in [6.07, 6.45) is 5.42. The van der Waals surface area contributed by atoms with Crippen LogP contribution in [-0.4, -0.2) is 48.9 Å². The minimum Gasteiger partial charge on any atom is -0.465 e. The van der Waals surface area contributed by atoms with Crippen molar-refractivity contribution in [2.24, 2.45) is 0 Å². The Morgan fingerprint density at radius 2 is 2.05 bits per heavy atom. The Kier molecular flexibility index (Phi) is 9.36. The zero-order valence-corrected chi connectivity index (χ0v) is 14.6. The standard InChI is InChI=1S/C16H31NO3S/c1-4-17-16(3,15(18)20-5-2)10-6-7-13-21-14-8-11-19-12-9-14/h14,17H,4-13H2,1-3H3. The average molecular weight is 317 g/mol. The normalized spacial score (nSPS) is 19.2. The lowest BCUT2D eigenvalue weighted by molar-refractivity contribution is -0.150. The van der Waals surface area contributed by atoms with Gasteiger partial charge in [-0.05, 0) is 51.8 Å². The van der Waals surface area contributed by atoms with Crippen LogP contribution in [0.15, 0.2) is 0 Å². The molecule has 1 atom stereocenters. The molecular weight excluding hydrogens is 286 g/mol. The summed E-state index contributed by atoms with van der Waals surface area (Å²) in [7, 11) is 0. The van der Waals surface area contributed by atoms with E-state index in [2.05, 4.69) is 17.1 Å². The van der Waals surface area contributed by atoms with Crippen molar-refractivity contribution in [2.45, 2.75) is 63.7 Å². The molecule has 1 aliphatic rings. The first-order chi connectivity index (χ1) is 10.1. The lowest BCUT2D eigenvalue weighted by Crippen LogP contribution is -2.50. The number of unbranched alkanes of at least 4 members (excludes halogenated alkanes) is 1. The molecule has 0 radical (unpaired) electrons. The second-order valence-corrected chi connectivity index (χ2v) is 7.13. The van der Waals surface area contributed by atoms with E-state index in [1.807, 2.05) is 20.8 Å². The van der Waals surface area contributed by atoms with Gasteiger partial charge in [0.1, 0.15) is 5.54 Å². The molecule has 0 aliphatic carbocycles. The van der Waals surface area contributed by atoms with Crippen molar-refractivity contribution >= 4 is 17.7 Å². The fraction of sp³-hybridized carbons (Fsp3) is 0.938. The molecule has 21 heavy (non-hydrogen) atoms. The van der Waals surface area contributed by atoms with Crippen LogP contribution in [0.25, 0.3) is 0 Å². The van der Waals surface area contributed by atoms with E-state index in [4.69, 9.17) is 9.47 Å². The van der Waals surface area contributed by atoms with Crippen molar-refractivity contribution in [1.82, 2.24) is 5.32 Å². The Labute approximate surface area is 133 Å². The Balaban J connectivity index is 2.21. The molecule has 1 saturated heterocycles. The molecule has 5 heteroatoms. The molecule has 1 unspecified atom stereocenters. The largest absolute Gasteiger partial charge is 0.465 e. The van der Waals surface area contributed by atoms with Crippen LogP contribution in [0, 0.1) is 0 Å². The molecule has 1 fully saturated rings. The van der Waals surface area contributed by atoms with E-state index in [1.54, 1.807) is 0 Å². The van der Waals surface area contributed by atoms with Gasteiger partial charge >= 0.3 is 5.97 Å². The molecule has 0 aromatic rings. The number of carbonyl (C=O) groups is 1. The SMILES string of the molecule is CCNC(C)(CCCCSC1CCOCC1)C(=O)OCC. The molecule has 0 aromatic heterocycles. The highest BCUT2D eigenvalue weighted by molar-refractivity contribution is 7.99. The molecule has 124 valence electrons. The van der Waals surface area contributed by atoms with Crippen molar-refractivity contribution in [3.63, 3.8) is 0 Å². The number of carbonyl (C=O) groups excluding carboxylic acids is 1. The van der Waals surface area contributed by atoms with Gasteiger partial charge in [0.05, 0.1) is 6.61 Å². The van der Waals surface area contributed by atoms with Gasteiger partial charge < -0.3 is 14.8 Å². The smallest absolute Gasteiger partial charge is 0.326 e. The third-order valence-corrected chi connectivity index (χ3v) is 5.35. The summed E-state index contributed by atoms with van der Waals surface area (Å²) in [4.78, 5) is 12.1. The van der Waals surface area contributed by atoms with Crippen LogP contribution >= 0.6 is 11.8 Å². The van der Waals surface area contributed by atoms with E-state index in [-0.39, 0.29) is 5.97 Å². The summed E-state index contributed by atoms with van der Waals surface area (Å²) in [5.41, 5.74) is -0.534. The fourth-order valence-electron chi connectivity index (χ4n) is 2.62. The lowest BCUT2D eigenvalue weighted by Gasteiger charge is -2.28. The molecule has 0 spiro atoms. The number of hydrogen-bond donors (Lipinski definition) is 1. The van der Waals surface area contributed by atoms with Gasteiger partial charge in [-0.25, -0.2) is 0 Å². The summed E-state index contributed by atoms with van der Waals surface area (Å²) < 4.78 is 10.6. The maximum atomic E-state index is 12.1. The number of thioether (sulfide) groups is 1. The predicted molar refractivity (Wildman–Crippen MR) is 88.9 cm³/mol. The number of hydrogen-bond acceptors (Lipinski definition) is 5. The van der Waals surface area contributed by atoms with E-state index in [0.29, 0.717) is 6.61 Å². The van der Waals surface area contributed by atoms with Crippen molar-refractivity contribution in [3.8, 4) is 0 Å². The Morgan fingerprint density at radius 3 is 2.67 bits per heavy atom. The van der Waals surface area contributed by atoms with Crippen LogP contribution in [0.4, 0.5) is 0 Å². The molecule has 1 N–H and O–H groups in total. The highest BCUT2D eigenvalue weighted by atomic mass is 32.2. The van der Waals surface area contributed by atoms with Gasteiger partial charge in [-0.3, -0.25) is 4.79 Å². The van der Waals surface area contributed by atoms with Crippen LogP contribution in [0.3, 0.4) is 0 Å². The molecule has 0 bridgehead atoms. The van der Waals surface area contributed by atoms with Crippen molar-refractivity contribution in [1.29, 1.82) is 0 Å². The lowest BCUT2D eigenvalue weighted by atomic mass is 9.95. The first-order valence-corrected chi connectivity index (χ1v) is 9.29. The van der Waals surface area contributed by atoms with Crippen molar-refractivity contribution < 1.29 is 14.3 Å². The van der Waals surface area contributed by atoms with E-state index < -0.39 is 5.54 Å². The van der Waals surface area contributed by atoms with Crippen molar-refractivity contribution in [2.75, 3.05) is 32.1 Å². The predicted octanol–water partition coefficient (Wildman–Crippen LogP) is 3.00. The zero-order chi connectivity index (χ0) is 15.6. The number of esters is 1. The maximum Gasteiger partial charge on any atom is 0.326 e. The molecule has 0 aromatic carbocycles. The summed E-state index contributed by atoms with van der Waals surface area (Å²) in [5.74, 6) is 1.05. The maximum absolute atomic E-state index is 12.1. The Bertz CT molecular complexity index is 295. The average Bonchev–Trinajstić information content (AvgIpc) is 2.48. The molecule has 0 saturated carbocycles. The van der Waals surface area contributed by atoms with Gasteiger partial charge in [0.2, 0.25) is 0 Å². The topological polar surface area (TPSA) is 47.6 Å². The number of ether oxygens (including phenoxy) is 2. The van der Waals surface area contributed by atoms with Gasteiger partial charge in [-0.2, -0.15) is 11.8 Å². The molecule has 1 aliphatic heterocycles. The quantitative estimate of drug-likeness (QED) is 0.496. The minimum absolute atomic E-state index is 0.121. The second-order valence-electron chi connectivity index (χ2n) is 5.72. The third kappa shape index (κ3) is 7.02. The summed E-state index contributed by atoms with van der Waals surface area (Å²) in [6, 6.07) is 0. The molecule has 1 rings (SSSR count). The van der Waals surface area contributed by atoms with E-state index in [0.717, 1.165) is 44.3 Å². The molecule has 4 nitrogen and oxygen atoms in total. The van der Waals surface area contributed by atoms with Crippen molar-refractivity contribution in [3.05, 3.63) is 0 Å². The fourth-order valence-corrected chi connectivity index (χ4v) is 3.85. The number of nitrogens with one attached hydrogen (secondary N) is 1. The summed E-state index contributed by atoms with van der Waals surface area (Å²) in [6.45, 7) is 8.90. The van der Waals surface area contributed by atoms with E-state index >= 15 is 0 Å². The first-order valence-electron chi connectivity index (χ1n) is 8.24. The van der Waals surface area contributed by atoms with Crippen LogP contribution in [0.2, 0.25) is 0 Å². The number of rotatable bonds is 10. The van der Waals surface area contributed by atoms with Crippen LogP contribution in [0.5, 0.6) is 0 Å². The summed E-state index contributed by atoms with van der Waals surface area (Å²) >= 11 is 2.06. The first kappa shape index (κ1) is 18.8.